The summed E-state index contributed by atoms with van der Waals surface area (Å²) in [6.07, 6.45) is 1.24. The number of carbonyl (C=O) groups excluding carboxylic acids is 1. The minimum atomic E-state index is 0.0789. The Morgan fingerprint density at radius 3 is 2.74 bits per heavy atom. The average molecular weight is 327 g/mol. The van der Waals surface area contributed by atoms with Crippen LogP contribution in [0, 0.1) is 0 Å². The molecular weight excluding hydrogens is 312 g/mol. The molecule has 0 N–H and O–H groups in total. The smallest absolute Gasteiger partial charge is 0.229 e. The topological polar surface area (TPSA) is 46.3 Å². The van der Waals surface area contributed by atoms with Crippen molar-refractivity contribution in [1.29, 1.82) is 0 Å². The van der Waals surface area contributed by atoms with Crippen LogP contribution in [-0.2, 0) is 11.2 Å². The van der Waals surface area contributed by atoms with Crippen LogP contribution in [0.5, 0.6) is 0 Å². The molecule has 0 bridgehead atoms. The SMILES string of the molecule is O=C(Cc1noc2ccccc12)N1CC[C@@H]1c1ccc(Cl)cc1. The van der Waals surface area contributed by atoms with Gasteiger partial charge in [0.2, 0.25) is 5.91 Å². The van der Waals surface area contributed by atoms with Crippen molar-refractivity contribution < 1.29 is 9.32 Å². The molecular formula is C18H15ClN2O2. The van der Waals surface area contributed by atoms with E-state index < -0.39 is 0 Å². The summed E-state index contributed by atoms with van der Waals surface area (Å²) in [5.41, 5.74) is 2.54. The van der Waals surface area contributed by atoms with Crippen molar-refractivity contribution in [3.8, 4) is 0 Å². The quantitative estimate of drug-likeness (QED) is 0.731. The number of fused-ring (bicyclic) bond motifs is 1. The van der Waals surface area contributed by atoms with E-state index in [0.717, 1.165) is 23.9 Å². The van der Waals surface area contributed by atoms with E-state index in [9.17, 15) is 4.79 Å². The van der Waals surface area contributed by atoms with Gasteiger partial charge < -0.3 is 9.42 Å². The van der Waals surface area contributed by atoms with Crippen LogP contribution in [-0.4, -0.2) is 22.5 Å². The third-order valence-electron chi connectivity index (χ3n) is 4.37. The maximum absolute atomic E-state index is 12.6. The fourth-order valence-electron chi connectivity index (χ4n) is 3.03. The number of nitrogens with zero attached hydrogens (tertiary/aromatic N) is 2. The molecule has 4 nitrogen and oxygen atoms in total. The van der Waals surface area contributed by atoms with E-state index >= 15 is 0 Å². The molecule has 0 spiro atoms. The van der Waals surface area contributed by atoms with Crippen molar-refractivity contribution in [2.24, 2.45) is 0 Å². The van der Waals surface area contributed by atoms with Gasteiger partial charge in [-0.2, -0.15) is 0 Å². The van der Waals surface area contributed by atoms with Crippen LogP contribution < -0.4 is 0 Å². The van der Waals surface area contributed by atoms with E-state index in [0.29, 0.717) is 16.3 Å². The molecule has 1 fully saturated rings. The van der Waals surface area contributed by atoms with Gasteiger partial charge in [-0.3, -0.25) is 4.79 Å². The largest absolute Gasteiger partial charge is 0.356 e. The average Bonchev–Trinajstić information content (AvgIpc) is 2.92. The fourth-order valence-corrected chi connectivity index (χ4v) is 3.15. The second kappa shape index (κ2) is 5.70. The molecule has 1 amide bonds. The summed E-state index contributed by atoms with van der Waals surface area (Å²) in [6.45, 7) is 0.780. The molecule has 2 heterocycles. The standard InChI is InChI=1S/C18H15ClN2O2/c19-13-7-5-12(6-8-13)16-9-10-21(16)18(22)11-15-14-3-1-2-4-17(14)23-20-15/h1-8,16H,9-11H2/t16-/m1/s1. The summed E-state index contributed by atoms with van der Waals surface area (Å²) in [5.74, 6) is 0.0789. The van der Waals surface area contributed by atoms with Crippen LogP contribution in [0.2, 0.25) is 5.02 Å². The summed E-state index contributed by atoms with van der Waals surface area (Å²) in [6, 6.07) is 15.4. The van der Waals surface area contributed by atoms with Gasteiger partial charge in [0.25, 0.3) is 0 Å². The van der Waals surface area contributed by atoms with Crippen molar-refractivity contribution in [3.63, 3.8) is 0 Å². The zero-order chi connectivity index (χ0) is 15.8. The van der Waals surface area contributed by atoms with Crippen molar-refractivity contribution in [2.45, 2.75) is 18.9 Å². The number of hydrogen-bond donors (Lipinski definition) is 0. The zero-order valence-corrected chi connectivity index (χ0v) is 13.2. The Kier molecular flexibility index (Phi) is 3.54. The Morgan fingerprint density at radius 2 is 2.00 bits per heavy atom. The van der Waals surface area contributed by atoms with Crippen LogP contribution in [0.4, 0.5) is 0 Å². The van der Waals surface area contributed by atoms with Gasteiger partial charge in [0, 0.05) is 17.0 Å². The molecule has 0 aliphatic carbocycles. The van der Waals surface area contributed by atoms with E-state index in [1.54, 1.807) is 0 Å². The lowest BCUT2D eigenvalue weighted by Gasteiger charge is -2.41. The molecule has 1 saturated heterocycles. The predicted molar refractivity (Wildman–Crippen MR) is 88.2 cm³/mol. The van der Waals surface area contributed by atoms with Crippen molar-refractivity contribution in [1.82, 2.24) is 10.1 Å². The molecule has 116 valence electrons. The van der Waals surface area contributed by atoms with Crippen molar-refractivity contribution in [3.05, 3.63) is 64.8 Å². The van der Waals surface area contributed by atoms with Gasteiger partial charge in [-0.05, 0) is 36.2 Å². The van der Waals surface area contributed by atoms with Gasteiger partial charge in [-0.15, -0.1) is 0 Å². The molecule has 1 aromatic heterocycles. The number of amides is 1. The van der Waals surface area contributed by atoms with Gasteiger partial charge in [0.05, 0.1) is 12.5 Å². The van der Waals surface area contributed by atoms with Crippen LogP contribution in [0.15, 0.2) is 53.1 Å². The highest BCUT2D eigenvalue weighted by Crippen LogP contribution is 2.34. The monoisotopic (exact) mass is 326 g/mol. The van der Waals surface area contributed by atoms with E-state index in [2.05, 4.69) is 5.16 Å². The number of rotatable bonds is 3. The Morgan fingerprint density at radius 1 is 1.22 bits per heavy atom. The number of carbonyl (C=O) groups is 1. The summed E-state index contributed by atoms with van der Waals surface area (Å²) < 4.78 is 5.27. The lowest BCUT2D eigenvalue weighted by molar-refractivity contribution is -0.138. The lowest BCUT2D eigenvalue weighted by atomic mass is 9.94. The number of halogens is 1. The maximum atomic E-state index is 12.6. The zero-order valence-electron chi connectivity index (χ0n) is 12.4. The molecule has 1 aliphatic rings. The van der Waals surface area contributed by atoms with Crippen LogP contribution in [0.25, 0.3) is 11.0 Å². The van der Waals surface area contributed by atoms with Gasteiger partial charge >= 0.3 is 0 Å². The molecule has 1 atom stereocenters. The first kappa shape index (κ1) is 14.3. The molecule has 5 heteroatoms. The summed E-state index contributed by atoms with van der Waals surface area (Å²) >= 11 is 5.93. The molecule has 23 heavy (non-hydrogen) atoms. The van der Waals surface area contributed by atoms with Crippen LogP contribution in [0.1, 0.15) is 23.7 Å². The minimum Gasteiger partial charge on any atom is -0.356 e. The maximum Gasteiger partial charge on any atom is 0.229 e. The Bertz CT molecular complexity index is 857. The Hall–Kier alpha value is -2.33. The number of likely N-dealkylation sites (tertiary alicyclic amines) is 1. The molecule has 0 saturated carbocycles. The van der Waals surface area contributed by atoms with Gasteiger partial charge in [0.1, 0.15) is 5.69 Å². The fraction of sp³-hybridized carbons (Fsp3) is 0.222. The highest BCUT2D eigenvalue weighted by Gasteiger charge is 2.33. The number of benzene rings is 2. The molecule has 1 aliphatic heterocycles. The van der Waals surface area contributed by atoms with Crippen molar-refractivity contribution >= 4 is 28.5 Å². The predicted octanol–water partition coefficient (Wildman–Crippen LogP) is 4.00. The van der Waals surface area contributed by atoms with Crippen LogP contribution >= 0.6 is 11.6 Å². The van der Waals surface area contributed by atoms with Gasteiger partial charge in [-0.25, -0.2) is 0 Å². The first-order valence-corrected chi connectivity index (χ1v) is 7.98. The highest BCUT2D eigenvalue weighted by atomic mass is 35.5. The van der Waals surface area contributed by atoms with Crippen LogP contribution in [0.3, 0.4) is 0 Å². The van der Waals surface area contributed by atoms with Gasteiger partial charge in [-0.1, -0.05) is 41.0 Å². The molecule has 4 rings (SSSR count). The summed E-state index contributed by atoms with van der Waals surface area (Å²) in [7, 11) is 0. The lowest BCUT2D eigenvalue weighted by Crippen LogP contribution is -2.45. The van der Waals surface area contributed by atoms with Gasteiger partial charge in [0.15, 0.2) is 5.58 Å². The second-order valence-electron chi connectivity index (χ2n) is 5.75. The van der Waals surface area contributed by atoms with Crippen molar-refractivity contribution in [2.75, 3.05) is 6.54 Å². The Labute approximate surface area is 138 Å². The second-order valence-corrected chi connectivity index (χ2v) is 6.18. The summed E-state index contributed by atoms with van der Waals surface area (Å²) in [5, 5.41) is 5.66. The third kappa shape index (κ3) is 2.59. The number of hydrogen-bond acceptors (Lipinski definition) is 3. The Balaban J connectivity index is 1.52. The molecule has 0 radical (unpaired) electrons. The van der Waals surface area contributed by atoms with E-state index in [4.69, 9.17) is 16.1 Å². The first-order chi connectivity index (χ1) is 11.2. The summed E-state index contributed by atoms with van der Waals surface area (Å²) in [4.78, 5) is 14.5. The first-order valence-electron chi connectivity index (χ1n) is 7.60. The normalized spacial score (nSPS) is 17.3. The molecule has 0 unspecified atom stereocenters. The molecule has 2 aromatic carbocycles. The highest BCUT2D eigenvalue weighted by molar-refractivity contribution is 6.30. The third-order valence-corrected chi connectivity index (χ3v) is 4.62. The molecule has 3 aromatic rings. The minimum absolute atomic E-state index is 0.0789. The van der Waals surface area contributed by atoms with E-state index in [1.807, 2.05) is 53.4 Å². The number of para-hydroxylation sites is 1. The number of aromatic nitrogens is 1. The van der Waals surface area contributed by atoms with E-state index in [1.165, 1.54) is 0 Å². The van der Waals surface area contributed by atoms with E-state index in [-0.39, 0.29) is 18.4 Å².